The summed E-state index contributed by atoms with van der Waals surface area (Å²) < 4.78 is 15.5. The molecule has 0 fully saturated rings. The summed E-state index contributed by atoms with van der Waals surface area (Å²) in [7, 11) is 0. The number of esters is 1. The number of carbonyl (C=O) groups is 1. The summed E-state index contributed by atoms with van der Waals surface area (Å²) in [6.07, 6.45) is 2.86. The summed E-state index contributed by atoms with van der Waals surface area (Å²) in [5.74, 6) is 0.0544. The number of unbranched alkanes of at least 4 members (excludes halogenated alkanes) is 1. The van der Waals surface area contributed by atoms with E-state index in [1.54, 1.807) is 32.9 Å². The Kier molecular flexibility index (Phi) is 9.43. The van der Waals surface area contributed by atoms with Gasteiger partial charge in [0, 0.05) is 0 Å². The minimum atomic E-state index is -0.886. The van der Waals surface area contributed by atoms with E-state index in [2.05, 4.69) is 16.5 Å². The maximum Gasteiger partial charge on any atom is 0.327 e. The number of hydrogen-bond donors (Lipinski definition) is 1. The summed E-state index contributed by atoms with van der Waals surface area (Å²) in [6, 6.07) is 5.38. The molecule has 0 amide bonds. The Balaban J connectivity index is 3.14. The van der Waals surface area contributed by atoms with Gasteiger partial charge in [0.25, 0.3) is 0 Å². The molecule has 0 radical (unpaired) electrons. The first-order valence-electron chi connectivity index (χ1n) is 8.56. The quantitative estimate of drug-likeness (QED) is 0.265. The Hall–Kier alpha value is -1.80. The fourth-order valence-corrected chi connectivity index (χ4v) is 2.75. The van der Waals surface area contributed by atoms with E-state index in [-0.39, 0.29) is 13.2 Å². The van der Waals surface area contributed by atoms with Crippen LogP contribution in [0, 0.1) is 4.91 Å². The van der Waals surface area contributed by atoms with Gasteiger partial charge < -0.3 is 14.6 Å². The SMILES string of the molecule is CCCCc1ccc(C(SON=O)C(=O)OC(C)(C)C)cc1OCCO. The van der Waals surface area contributed by atoms with Crippen molar-refractivity contribution in [1.82, 2.24) is 0 Å². The van der Waals surface area contributed by atoms with Crippen molar-refractivity contribution in [2.24, 2.45) is 5.34 Å². The molecule has 0 aromatic heterocycles. The first-order valence-corrected chi connectivity index (χ1v) is 9.37. The number of nitrogens with zero attached hydrogens (tertiary/aromatic N) is 1. The third-order valence-corrected chi connectivity index (χ3v) is 4.14. The monoisotopic (exact) mass is 385 g/mol. The van der Waals surface area contributed by atoms with Gasteiger partial charge in [0.1, 0.15) is 30.0 Å². The molecule has 0 saturated heterocycles. The molecule has 0 aliphatic heterocycles. The number of hydrogen-bond acceptors (Lipinski definition) is 8. The van der Waals surface area contributed by atoms with Crippen molar-refractivity contribution in [1.29, 1.82) is 0 Å². The molecule has 1 aromatic rings. The van der Waals surface area contributed by atoms with Crippen LogP contribution >= 0.6 is 12.0 Å². The lowest BCUT2D eigenvalue weighted by atomic mass is 10.0. The highest BCUT2D eigenvalue weighted by Gasteiger charge is 2.30. The van der Waals surface area contributed by atoms with Gasteiger partial charge in [0.05, 0.1) is 6.61 Å². The summed E-state index contributed by atoms with van der Waals surface area (Å²) in [5.41, 5.74) is 0.884. The number of ether oxygens (including phenoxy) is 2. The van der Waals surface area contributed by atoms with Crippen molar-refractivity contribution < 1.29 is 23.7 Å². The Labute approximate surface area is 158 Å². The molecule has 0 spiro atoms. The Bertz CT molecular complexity index is 588. The van der Waals surface area contributed by atoms with Gasteiger partial charge >= 0.3 is 5.97 Å². The summed E-state index contributed by atoms with van der Waals surface area (Å²) >= 11 is 0.621. The van der Waals surface area contributed by atoms with Gasteiger partial charge in [-0.2, -0.15) is 0 Å². The minimum absolute atomic E-state index is 0.111. The molecule has 1 N–H and O–H groups in total. The summed E-state index contributed by atoms with van der Waals surface area (Å²) in [5, 5.41) is 10.5. The van der Waals surface area contributed by atoms with Gasteiger partial charge in [-0.1, -0.05) is 25.5 Å². The van der Waals surface area contributed by atoms with E-state index in [0.717, 1.165) is 24.8 Å². The van der Waals surface area contributed by atoms with Crippen LogP contribution in [0.25, 0.3) is 0 Å². The fraction of sp³-hybridized carbons (Fsp3) is 0.611. The normalized spacial score (nSPS) is 12.3. The Morgan fingerprint density at radius 2 is 2.08 bits per heavy atom. The number of carbonyl (C=O) groups excluding carboxylic acids is 1. The van der Waals surface area contributed by atoms with E-state index in [1.807, 2.05) is 6.07 Å². The zero-order chi connectivity index (χ0) is 19.6. The third kappa shape index (κ3) is 7.61. The number of rotatable bonds is 11. The molecule has 0 aliphatic rings. The predicted molar refractivity (Wildman–Crippen MR) is 101 cm³/mol. The number of benzene rings is 1. The summed E-state index contributed by atoms with van der Waals surface area (Å²) in [6.45, 7) is 7.42. The lowest BCUT2D eigenvalue weighted by Gasteiger charge is -2.23. The molecular weight excluding hydrogens is 358 g/mol. The van der Waals surface area contributed by atoms with E-state index in [0.29, 0.717) is 23.4 Å². The van der Waals surface area contributed by atoms with Crippen molar-refractivity contribution in [2.75, 3.05) is 13.2 Å². The molecule has 1 atom stereocenters. The third-order valence-electron chi connectivity index (χ3n) is 3.33. The predicted octanol–water partition coefficient (Wildman–Crippen LogP) is 4.13. The fourth-order valence-electron chi connectivity index (χ4n) is 2.24. The minimum Gasteiger partial charge on any atom is -0.491 e. The molecule has 0 bridgehead atoms. The Morgan fingerprint density at radius 1 is 1.35 bits per heavy atom. The average molecular weight is 385 g/mol. The van der Waals surface area contributed by atoms with Gasteiger partial charge in [-0.05, 0) is 50.8 Å². The standard InChI is InChI=1S/C18H27NO6S/c1-5-6-7-13-8-9-14(12-15(13)23-11-10-20)16(26-25-19-22)17(21)24-18(2,3)4/h8-9,12,16,20H,5-7,10-11H2,1-4H3. The molecule has 8 heteroatoms. The van der Waals surface area contributed by atoms with Crippen LogP contribution in [0.3, 0.4) is 0 Å². The van der Waals surface area contributed by atoms with Crippen molar-refractivity contribution in [3.05, 3.63) is 34.2 Å². The van der Waals surface area contributed by atoms with Crippen molar-refractivity contribution in [3.8, 4) is 5.75 Å². The molecule has 0 heterocycles. The second-order valence-electron chi connectivity index (χ2n) is 6.70. The van der Waals surface area contributed by atoms with Crippen LogP contribution in [-0.2, 0) is 20.2 Å². The molecular formula is C18H27NO6S. The number of aryl methyl sites for hydroxylation is 1. The zero-order valence-electron chi connectivity index (χ0n) is 15.7. The first kappa shape index (κ1) is 22.2. The van der Waals surface area contributed by atoms with Gasteiger partial charge in [-0.3, -0.25) is 9.08 Å². The van der Waals surface area contributed by atoms with E-state index >= 15 is 0 Å². The number of aliphatic hydroxyl groups is 1. The van der Waals surface area contributed by atoms with E-state index in [9.17, 15) is 9.70 Å². The first-order chi connectivity index (χ1) is 12.3. The van der Waals surface area contributed by atoms with Crippen LogP contribution in [0.1, 0.15) is 56.9 Å². The lowest BCUT2D eigenvalue weighted by Crippen LogP contribution is -2.27. The zero-order valence-corrected chi connectivity index (χ0v) is 16.5. The molecule has 1 aromatic carbocycles. The maximum absolute atomic E-state index is 12.5. The van der Waals surface area contributed by atoms with Crippen LogP contribution in [0.5, 0.6) is 5.75 Å². The molecule has 26 heavy (non-hydrogen) atoms. The van der Waals surface area contributed by atoms with Crippen LogP contribution in [0.2, 0.25) is 0 Å². The molecule has 1 unspecified atom stereocenters. The van der Waals surface area contributed by atoms with E-state index < -0.39 is 16.8 Å². The Morgan fingerprint density at radius 3 is 2.65 bits per heavy atom. The van der Waals surface area contributed by atoms with Crippen LogP contribution in [-0.4, -0.2) is 29.9 Å². The van der Waals surface area contributed by atoms with Crippen LogP contribution in [0.4, 0.5) is 0 Å². The van der Waals surface area contributed by atoms with Crippen LogP contribution in [0.15, 0.2) is 23.5 Å². The van der Waals surface area contributed by atoms with Gasteiger partial charge in [0.15, 0.2) is 10.6 Å². The van der Waals surface area contributed by atoms with Crippen molar-refractivity contribution in [2.45, 2.75) is 57.8 Å². The number of aliphatic hydroxyl groups excluding tert-OH is 1. The second-order valence-corrected chi connectivity index (χ2v) is 7.51. The topological polar surface area (TPSA) is 94.4 Å². The molecule has 7 nitrogen and oxygen atoms in total. The van der Waals surface area contributed by atoms with Crippen molar-refractivity contribution in [3.63, 3.8) is 0 Å². The maximum atomic E-state index is 12.5. The average Bonchev–Trinajstić information content (AvgIpc) is 2.57. The molecule has 0 aliphatic carbocycles. The largest absolute Gasteiger partial charge is 0.491 e. The molecule has 0 saturated carbocycles. The summed E-state index contributed by atoms with van der Waals surface area (Å²) in [4.78, 5) is 22.8. The lowest BCUT2D eigenvalue weighted by molar-refractivity contribution is -0.154. The highest BCUT2D eigenvalue weighted by molar-refractivity contribution is 7.95. The van der Waals surface area contributed by atoms with Crippen molar-refractivity contribution >= 4 is 18.0 Å². The highest BCUT2D eigenvalue weighted by Crippen LogP contribution is 2.35. The van der Waals surface area contributed by atoms with E-state index in [4.69, 9.17) is 14.6 Å². The second kappa shape index (κ2) is 11.0. The van der Waals surface area contributed by atoms with Gasteiger partial charge in [0.2, 0.25) is 0 Å². The smallest absolute Gasteiger partial charge is 0.327 e. The molecule has 146 valence electrons. The van der Waals surface area contributed by atoms with E-state index in [1.165, 1.54) is 0 Å². The van der Waals surface area contributed by atoms with Crippen LogP contribution < -0.4 is 4.74 Å². The van der Waals surface area contributed by atoms with Gasteiger partial charge in [-0.25, -0.2) is 0 Å². The highest BCUT2D eigenvalue weighted by atomic mass is 32.2. The van der Waals surface area contributed by atoms with Gasteiger partial charge in [-0.15, -0.1) is 4.91 Å². The molecule has 1 rings (SSSR count).